The van der Waals surface area contributed by atoms with Crippen LogP contribution in [-0.4, -0.2) is 25.2 Å². The molecule has 1 aliphatic heterocycles. The summed E-state index contributed by atoms with van der Waals surface area (Å²) in [5.41, 5.74) is 4.50. The maximum Gasteiger partial charge on any atom is 0.264 e. The molecule has 4 rings (SSSR count). The summed E-state index contributed by atoms with van der Waals surface area (Å²) in [4.78, 5) is 0.312. The summed E-state index contributed by atoms with van der Waals surface area (Å²) in [5.74, 6) is 0. The van der Waals surface area contributed by atoms with Gasteiger partial charge in [0.2, 0.25) is 0 Å². The fraction of sp³-hybridized carbons (Fsp3) is 0.167. The maximum atomic E-state index is 13.2. The number of nitrogens with one attached hydrogen (secondary N) is 1. The number of fused-ring (bicyclic) bond motifs is 3. The number of rotatable bonds is 2. The van der Waals surface area contributed by atoms with Crippen molar-refractivity contribution in [1.82, 2.24) is 10.2 Å². The van der Waals surface area contributed by atoms with Crippen LogP contribution in [0.2, 0.25) is 0 Å². The molecule has 0 unspecified atom stereocenters. The summed E-state index contributed by atoms with van der Waals surface area (Å²) in [5, 5.41) is 7.11. The van der Waals surface area contributed by atoms with Gasteiger partial charge in [-0.05, 0) is 37.1 Å². The topological polar surface area (TPSA) is 66.1 Å². The fourth-order valence-electron chi connectivity index (χ4n) is 3.07. The van der Waals surface area contributed by atoms with Crippen LogP contribution in [0.4, 0.5) is 5.69 Å². The number of aromatic amines is 1. The number of aromatic nitrogens is 2. The number of nitrogens with zero attached hydrogens (tertiary/aromatic N) is 2. The van der Waals surface area contributed by atoms with Gasteiger partial charge in [0.05, 0.1) is 22.5 Å². The Labute approximate surface area is 141 Å². The molecule has 0 saturated carbocycles. The molecule has 5 nitrogen and oxygen atoms in total. The summed E-state index contributed by atoms with van der Waals surface area (Å²) in [6.07, 6.45) is 2.39. The highest BCUT2D eigenvalue weighted by Crippen LogP contribution is 2.37. The van der Waals surface area contributed by atoms with Crippen molar-refractivity contribution in [3.63, 3.8) is 0 Å². The number of hydrogen-bond acceptors (Lipinski definition) is 3. The van der Waals surface area contributed by atoms with E-state index in [4.69, 9.17) is 0 Å². The molecule has 0 atom stereocenters. The highest BCUT2D eigenvalue weighted by atomic mass is 32.2. The predicted molar refractivity (Wildman–Crippen MR) is 93.4 cm³/mol. The molecule has 0 radical (unpaired) electrons. The summed E-state index contributed by atoms with van der Waals surface area (Å²) < 4.78 is 27.9. The highest BCUT2D eigenvalue weighted by Gasteiger charge is 2.30. The Morgan fingerprint density at radius 3 is 2.62 bits per heavy atom. The molecule has 0 saturated heterocycles. The fourth-order valence-corrected chi connectivity index (χ4v) is 4.55. The van der Waals surface area contributed by atoms with Crippen LogP contribution < -0.4 is 4.31 Å². The normalized spacial score (nSPS) is 14.0. The van der Waals surface area contributed by atoms with E-state index in [-0.39, 0.29) is 0 Å². The quantitative estimate of drug-likeness (QED) is 0.780. The van der Waals surface area contributed by atoms with Gasteiger partial charge in [-0.15, -0.1) is 0 Å². The minimum Gasteiger partial charge on any atom is -0.277 e. The predicted octanol–water partition coefficient (Wildman–Crippen LogP) is 3.14. The molecule has 1 aliphatic rings. The number of benzene rings is 2. The first-order chi connectivity index (χ1) is 11.6. The van der Waals surface area contributed by atoms with Gasteiger partial charge in [-0.1, -0.05) is 35.9 Å². The molecular weight excluding hydrogens is 322 g/mol. The minimum absolute atomic E-state index is 0.312. The van der Waals surface area contributed by atoms with Gasteiger partial charge >= 0.3 is 0 Å². The Bertz CT molecular complexity index is 991. The first-order valence-corrected chi connectivity index (χ1v) is 9.22. The van der Waals surface area contributed by atoms with Crippen molar-refractivity contribution in [1.29, 1.82) is 0 Å². The van der Waals surface area contributed by atoms with E-state index in [0.29, 0.717) is 23.5 Å². The third-order valence-electron chi connectivity index (χ3n) is 4.35. The molecule has 6 heteroatoms. The van der Waals surface area contributed by atoms with E-state index in [2.05, 4.69) is 10.2 Å². The lowest BCUT2D eigenvalue weighted by molar-refractivity contribution is 0.591. The van der Waals surface area contributed by atoms with E-state index in [1.807, 2.05) is 43.3 Å². The van der Waals surface area contributed by atoms with Crippen LogP contribution in [0.5, 0.6) is 0 Å². The van der Waals surface area contributed by atoms with Crippen LogP contribution in [0.3, 0.4) is 0 Å². The van der Waals surface area contributed by atoms with Crippen LogP contribution in [0.25, 0.3) is 11.3 Å². The summed E-state index contributed by atoms with van der Waals surface area (Å²) >= 11 is 0. The van der Waals surface area contributed by atoms with Gasteiger partial charge in [0.1, 0.15) is 0 Å². The van der Waals surface area contributed by atoms with E-state index >= 15 is 0 Å². The smallest absolute Gasteiger partial charge is 0.264 e. The van der Waals surface area contributed by atoms with Gasteiger partial charge in [0.25, 0.3) is 10.0 Å². The monoisotopic (exact) mass is 339 g/mol. The van der Waals surface area contributed by atoms with Gasteiger partial charge in [-0.25, -0.2) is 8.42 Å². The average Bonchev–Trinajstić information content (AvgIpc) is 2.98. The molecule has 0 bridgehead atoms. The lowest BCUT2D eigenvalue weighted by Gasteiger charge is -2.24. The van der Waals surface area contributed by atoms with Crippen LogP contribution in [-0.2, 0) is 16.4 Å². The Morgan fingerprint density at radius 2 is 1.83 bits per heavy atom. The number of H-pyrrole nitrogens is 1. The highest BCUT2D eigenvalue weighted by molar-refractivity contribution is 7.92. The second-order valence-corrected chi connectivity index (χ2v) is 7.79. The van der Waals surface area contributed by atoms with Crippen molar-refractivity contribution in [3.05, 3.63) is 65.9 Å². The Kier molecular flexibility index (Phi) is 3.42. The van der Waals surface area contributed by atoms with Gasteiger partial charge in [-0.3, -0.25) is 9.40 Å². The number of hydrogen-bond donors (Lipinski definition) is 1. The molecule has 2 aromatic carbocycles. The zero-order valence-corrected chi connectivity index (χ0v) is 14.0. The standard InChI is InChI=1S/C18H17N3O2S/c1-13-6-8-15(9-7-13)24(22,23)21-11-10-14-12-19-20-18(14)16-4-2-3-5-17(16)21/h2-9,12H,10-11H2,1H3,(H,19,20). The second kappa shape index (κ2) is 5.49. The van der Waals surface area contributed by atoms with Crippen LogP contribution in [0.1, 0.15) is 11.1 Å². The number of anilines is 1. The van der Waals surface area contributed by atoms with Gasteiger partial charge in [0.15, 0.2) is 0 Å². The summed E-state index contributed by atoms with van der Waals surface area (Å²) in [7, 11) is -3.61. The largest absolute Gasteiger partial charge is 0.277 e. The van der Waals surface area contributed by atoms with E-state index in [1.54, 1.807) is 18.3 Å². The number of aryl methyl sites for hydroxylation is 1. The first kappa shape index (κ1) is 15.0. The van der Waals surface area contributed by atoms with E-state index < -0.39 is 10.0 Å². The molecule has 0 amide bonds. The molecule has 24 heavy (non-hydrogen) atoms. The summed E-state index contributed by atoms with van der Waals surface area (Å²) in [6.45, 7) is 2.33. The molecule has 2 heterocycles. The maximum absolute atomic E-state index is 13.2. The zero-order valence-electron chi connectivity index (χ0n) is 13.2. The Morgan fingerprint density at radius 1 is 1.08 bits per heavy atom. The lowest BCUT2D eigenvalue weighted by atomic mass is 10.1. The molecule has 0 spiro atoms. The molecule has 122 valence electrons. The number of sulfonamides is 1. The average molecular weight is 339 g/mol. The first-order valence-electron chi connectivity index (χ1n) is 7.78. The Hall–Kier alpha value is -2.60. The zero-order chi connectivity index (χ0) is 16.7. The molecule has 1 N–H and O–H groups in total. The summed E-state index contributed by atoms with van der Waals surface area (Å²) in [6, 6.07) is 14.5. The van der Waals surface area contributed by atoms with Crippen LogP contribution >= 0.6 is 0 Å². The van der Waals surface area contributed by atoms with Crippen molar-refractivity contribution in [2.45, 2.75) is 18.2 Å². The van der Waals surface area contributed by atoms with Crippen molar-refractivity contribution < 1.29 is 8.42 Å². The van der Waals surface area contributed by atoms with Crippen LogP contribution in [0, 0.1) is 6.92 Å². The molecule has 1 aromatic heterocycles. The molecule has 0 aliphatic carbocycles. The second-order valence-electron chi connectivity index (χ2n) is 5.93. The van der Waals surface area contributed by atoms with E-state index in [1.165, 1.54) is 4.31 Å². The van der Waals surface area contributed by atoms with Crippen molar-refractivity contribution in [3.8, 4) is 11.3 Å². The van der Waals surface area contributed by atoms with Gasteiger partial charge in [-0.2, -0.15) is 5.10 Å². The molecule has 3 aromatic rings. The van der Waals surface area contributed by atoms with Crippen LogP contribution in [0.15, 0.2) is 59.6 Å². The van der Waals surface area contributed by atoms with Crippen molar-refractivity contribution >= 4 is 15.7 Å². The third-order valence-corrected chi connectivity index (χ3v) is 6.18. The Balaban J connectivity index is 1.87. The van der Waals surface area contributed by atoms with Crippen molar-refractivity contribution in [2.75, 3.05) is 10.8 Å². The van der Waals surface area contributed by atoms with E-state index in [0.717, 1.165) is 22.4 Å². The SMILES string of the molecule is Cc1ccc(S(=O)(=O)N2CCc3cn[nH]c3-c3ccccc32)cc1. The molecular formula is C18H17N3O2S. The van der Waals surface area contributed by atoms with Crippen molar-refractivity contribution in [2.24, 2.45) is 0 Å². The third kappa shape index (κ3) is 2.30. The number of para-hydroxylation sites is 1. The van der Waals surface area contributed by atoms with Gasteiger partial charge in [0, 0.05) is 12.1 Å². The van der Waals surface area contributed by atoms with Gasteiger partial charge < -0.3 is 0 Å². The molecule has 0 fully saturated rings. The minimum atomic E-state index is -3.61. The lowest BCUT2D eigenvalue weighted by Crippen LogP contribution is -2.32. The van der Waals surface area contributed by atoms with E-state index in [9.17, 15) is 8.42 Å².